The van der Waals surface area contributed by atoms with Crippen molar-refractivity contribution in [3.8, 4) is 0 Å². The maximum Gasteiger partial charge on any atom is 0.229 e. The van der Waals surface area contributed by atoms with Gasteiger partial charge in [0.15, 0.2) is 32.9 Å². The first-order valence-corrected chi connectivity index (χ1v) is 8.17. The number of carbonyl (C=O) groups excluding carboxylic acids is 2. The van der Waals surface area contributed by atoms with Crippen LogP contribution in [-0.2, 0) is 9.84 Å². The SMILES string of the molecule is CS(=O)(=O)/C=C(\O)c1cc2c(o1)C(=O)c1ccccc1C2=O. The van der Waals surface area contributed by atoms with Gasteiger partial charge in [0, 0.05) is 17.4 Å². The van der Waals surface area contributed by atoms with Crippen molar-refractivity contribution in [2.75, 3.05) is 6.26 Å². The number of rotatable bonds is 2. The number of aliphatic hydroxyl groups is 1. The van der Waals surface area contributed by atoms with Crippen LogP contribution in [0.4, 0.5) is 0 Å². The van der Waals surface area contributed by atoms with E-state index in [4.69, 9.17) is 4.42 Å². The molecule has 112 valence electrons. The molecule has 1 aromatic heterocycles. The maximum atomic E-state index is 12.3. The summed E-state index contributed by atoms with van der Waals surface area (Å²) in [5, 5.41) is 10.4. The average Bonchev–Trinajstić information content (AvgIpc) is 2.89. The van der Waals surface area contributed by atoms with Gasteiger partial charge in [0.1, 0.15) is 0 Å². The minimum absolute atomic E-state index is 0.00662. The van der Waals surface area contributed by atoms with E-state index < -0.39 is 27.2 Å². The summed E-state index contributed by atoms with van der Waals surface area (Å²) in [6, 6.07) is 7.46. The van der Waals surface area contributed by atoms with E-state index in [1.807, 2.05) is 0 Å². The zero-order chi connectivity index (χ0) is 16.1. The number of fused-ring (bicyclic) bond motifs is 2. The van der Waals surface area contributed by atoms with Gasteiger partial charge in [0.25, 0.3) is 0 Å². The third-order valence-electron chi connectivity index (χ3n) is 3.18. The second kappa shape index (κ2) is 4.67. The monoisotopic (exact) mass is 318 g/mol. The fraction of sp³-hybridized carbons (Fsp3) is 0.0667. The van der Waals surface area contributed by atoms with E-state index in [2.05, 4.69) is 0 Å². The van der Waals surface area contributed by atoms with Gasteiger partial charge in [-0.15, -0.1) is 0 Å². The van der Waals surface area contributed by atoms with E-state index in [1.54, 1.807) is 12.1 Å². The molecule has 1 aliphatic carbocycles. The van der Waals surface area contributed by atoms with Crippen molar-refractivity contribution in [1.29, 1.82) is 0 Å². The van der Waals surface area contributed by atoms with Crippen LogP contribution in [0.5, 0.6) is 0 Å². The second-order valence-electron chi connectivity index (χ2n) is 4.89. The lowest BCUT2D eigenvalue weighted by Gasteiger charge is -2.11. The standard InChI is InChI=1S/C15H10O6S/c1-22(19,20)7-11(16)12-6-10-13(17)8-4-2-3-5-9(8)14(18)15(10)21-12/h2-7,16H,1H3/b11-7-. The lowest BCUT2D eigenvalue weighted by atomic mass is 9.89. The highest BCUT2D eigenvalue weighted by atomic mass is 32.2. The largest absolute Gasteiger partial charge is 0.504 e. The molecule has 0 radical (unpaired) electrons. The van der Waals surface area contributed by atoms with Crippen LogP contribution in [0.2, 0.25) is 0 Å². The molecular weight excluding hydrogens is 308 g/mol. The highest BCUT2D eigenvalue weighted by Gasteiger charge is 2.33. The van der Waals surface area contributed by atoms with Crippen LogP contribution >= 0.6 is 0 Å². The number of ketones is 2. The minimum atomic E-state index is -3.60. The summed E-state index contributed by atoms with van der Waals surface area (Å²) in [5.41, 5.74) is 0.471. The van der Waals surface area contributed by atoms with E-state index in [0.29, 0.717) is 5.41 Å². The highest BCUT2D eigenvalue weighted by molar-refractivity contribution is 7.93. The fourth-order valence-electron chi connectivity index (χ4n) is 2.26. The van der Waals surface area contributed by atoms with Crippen molar-refractivity contribution >= 4 is 27.2 Å². The van der Waals surface area contributed by atoms with E-state index >= 15 is 0 Å². The van der Waals surface area contributed by atoms with E-state index in [0.717, 1.165) is 6.26 Å². The highest BCUT2D eigenvalue weighted by Crippen LogP contribution is 2.31. The zero-order valence-electron chi connectivity index (χ0n) is 11.4. The Bertz CT molecular complexity index is 894. The smallest absolute Gasteiger partial charge is 0.229 e. The summed E-state index contributed by atoms with van der Waals surface area (Å²) in [7, 11) is -3.60. The molecule has 1 N–H and O–H groups in total. The molecule has 3 rings (SSSR count). The Balaban J connectivity index is 2.16. The summed E-state index contributed by atoms with van der Waals surface area (Å²) in [4.78, 5) is 24.7. The Kier molecular flexibility index (Phi) is 3.03. The van der Waals surface area contributed by atoms with Crippen molar-refractivity contribution in [2.24, 2.45) is 0 Å². The molecular formula is C15H10O6S. The summed E-state index contributed by atoms with van der Waals surface area (Å²) < 4.78 is 27.5. The Morgan fingerprint density at radius 3 is 2.27 bits per heavy atom. The Morgan fingerprint density at radius 2 is 1.68 bits per heavy atom. The molecule has 2 aromatic rings. The van der Waals surface area contributed by atoms with Crippen molar-refractivity contribution in [3.63, 3.8) is 0 Å². The van der Waals surface area contributed by atoms with Crippen LogP contribution in [0.15, 0.2) is 40.2 Å². The van der Waals surface area contributed by atoms with Crippen molar-refractivity contribution in [2.45, 2.75) is 0 Å². The number of carbonyl (C=O) groups is 2. The van der Waals surface area contributed by atoms with Gasteiger partial charge >= 0.3 is 0 Å². The summed E-state index contributed by atoms with van der Waals surface area (Å²) in [6.45, 7) is 0. The third-order valence-corrected chi connectivity index (χ3v) is 3.83. The van der Waals surface area contributed by atoms with Crippen LogP contribution in [0, 0.1) is 0 Å². The number of benzene rings is 1. The van der Waals surface area contributed by atoms with Crippen LogP contribution in [0.25, 0.3) is 5.76 Å². The molecule has 0 saturated carbocycles. The molecule has 1 heterocycles. The van der Waals surface area contributed by atoms with Gasteiger partial charge in [-0.3, -0.25) is 9.59 Å². The molecule has 0 atom stereocenters. The van der Waals surface area contributed by atoms with Crippen LogP contribution in [0.1, 0.15) is 37.8 Å². The molecule has 0 bridgehead atoms. The first-order chi connectivity index (χ1) is 10.3. The van der Waals surface area contributed by atoms with Crippen LogP contribution in [0.3, 0.4) is 0 Å². The quantitative estimate of drug-likeness (QED) is 0.725. The first-order valence-electron chi connectivity index (χ1n) is 6.21. The second-order valence-corrected chi connectivity index (χ2v) is 6.78. The maximum absolute atomic E-state index is 12.3. The van der Waals surface area contributed by atoms with Gasteiger partial charge in [-0.05, 0) is 6.07 Å². The number of aliphatic hydroxyl groups excluding tert-OH is 1. The molecule has 0 aliphatic heterocycles. The Hall–Kier alpha value is -2.67. The Labute approximate surface area is 125 Å². The number of furan rings is 1. The predicted molar refractivity (Wildman–Crippen MR) is 77.5 cm³/mol. The van der Waals surface area contributed by atoms with Gasteiger partial charge in [-0.1, -0.05) is 24.3 Å². The molecule has 6 nitrogen and oxygen atoms in total. The molecule has 0 fully saturated rings. The Morgan fingerprint density at radius 1 is 1.09 bits per heavy atom. The molecule has 0 spiro atoms. The van der Waals surface area contributed by atoms with Crippen LogP contribution in [-0.4, -0.2) is 31.3 Å². The molecule has 1 aliphatic rings. The van der Waals surface area contributed by atoms with Crippen molar-refractivity contribution in [3.05, 3.63) is 64.0 Å². The topological polar surface area (TPSA) is 102 Å². The predicted octanol–water partition coefficient (Wildman–Crippen LogP) is 1.96. The van der Waals surface area contributed by atoms with Gasteiger partial charge in [-0.25, -0.2) is 8.42 Å². The van der Waals surface area contributed by atoms with E-state index in [-0.39, 0.29) is 28.2 Å². The normalized spacial score (nSPS) is 14.7. The third kappa shape index (κ3) is 2.25. The van der Waals surface area contributed by atoms with Gasteiger partial charge in [0.2, 0.25) is 5.78 Å². The van der Waals surface area contributed by atoms with E-state index in [9.17, 15) is 23.1 Å². The van der Waals surface area contributed by atoms with Crippen molar-refractivity contribution in [1.82, 2.24) is 0 Å². The number of hydrogen-bond donors (Lipinski definition) is 1. The minimum Gasteiger partial charge on any atom is -0.504 e. The molecule has 1 aromatic carbocycles. The molecule has 22 heavy (non-hydrogen) atoms. The fourth-order valence-corrected chi connectivity index (χ4v) is 2.78. The molecule has 0 unspecified atom stereocenters. The molecule has 7 heteroatoms. The molecule has 0 saturated heterocycles. The summed E-state index contributed by atoms with van der Waals surface area (Å²) in [5.74, 6) is -2.01. The van der Waals surface area contributed by atoms with Gasteiger partial charge in [-0.2, -0.15) is 0 Å². The lowest BCUT2D eigenvalue weighted by molar-refractivity contribution is 0.0960. The first kappa shape index (κ1) is 14.3. The summed E-state index contributed by atoms with van der Waals surface area (Å²) >= 11 is 0. The average molecular weight is 318 g/mol. The number of hydrogen-bond acceptors (Lipinski definition) is 6. The summed E-state index contributed by atoms with van der Waals surface area (Å²) in [6.07, 6.45) is 0.901. The zero-order valence-corrected chi connectivity index (χ0v) is 12.2. The van der Waals surface area contributed by atoms with Gasteiger partial charge in [0.05, 0.1) is 11.0 Å². The number of sulfone groups is 1. The van der Waals surface area contributed by atoms with Gasteiger partial charge < -0.3 is 9.52 Å². The van der Waals surface area contributed by atoms with Crippen molar-refractivity contribution < 1.29 is 27.5 Å². The molecule has 0 amide bonds. The van der Waals surface area contributed by atoms with E-state index in [1.165, 1.54) is 18.2 Å². The lowest BCUT2D eigenvalue weighted by Crippen LogP contribution is -2.18. The van der Waals surface area contributed by atoms with Crippen LogP contribution < -0.4 is 0 Å².